The molecule has 1 aliphatic heterocycles. The van der Waals surface area contributed by atoms with Crippen molar-refractivity contribution in [3.63, 3.8) is 0 Å². The van der Waals surface area contributed by atoms with Crippen LogP contribution in [0.5, 0.6) is 0 Å². The van der Waals surface area contributed by atoms with Gasteiger partial charge in [-0.15, -0.1) is 0 Å². The summed E-state index contributed by atoms with van der Waals surface area (Å²) < 4.78 is 10.6. The largest absolute Gasteiger partial charge is 0.462 e. The maximum Gasteiger partial charge on any atom is 0.341 e. The van der Waals surface area contributed by atoms with Crippen LogP contribution in [0.3, 0.4) is 0 Å². The molecule has 0 radical (unpaired) electrons. The van der Waals surface area contributed by atoms with E-state index in [1.165, 1.54) is 0 Å². The number of anilines is 1. The molecule has 20 heavy (non-hydrogen) atoms. The minimum absolute atomic E-state index is 0.317. The molecule has 0 amide bonds. The third-order valence-corrected chi connectivity index (χ3v) is 3.43. The molecule has 0 bridgehead atoms. The number of pyridine rings is 1. The Hall–Kier alpha value is -1.62. The summed E-state index contributed by atoms with van der Waals surface area (Å²) in [5, 5.41) is 0. The smallest absolute Gasteiger partial charge is 0.341 e. The lowest BCUT2D eigenvalue weighted by molar-refractivity contribution is 0.0525. The van der Waals surface area contributed by atoms with E-state index in [0.29, 0.717) is 23.9 Å². The molecule has 0 N–H and O–H groups in total. The van der Waals surface area contributed by atoms with Crippen LogP contribution in [0, 0.1) is 5.92 Å². The maximum absolute atomic E-state index is 11.9. The number of carbonyl (C=O) groups is 1. The van der Waals surface area contributed by atoms with Crippen molar-refractivity contribution in [2.24, 2.45) is 5.92 Å². The third-order valence-electron chi connectivity index (χ3n) is 3.43. The SMILES string of the molecule is CCOC(=O)c1cccnc1N(C)CC1CCCOC1. The molecule has 5 nitrogen and oxygen atoms in total. The first-order chi connectivity index (χ1) is 9.72. The topological polar surface area (TPSA) is 51.7 Å². The van der Waals surface area contributed by atoms with Crippen LogP contribution >= 0.6 is 0 Å². The lowest BCUT2D eigenvalue weighted by Gasteiger charge is -2.28. The van der Waals surface area contributed by atoms with Crippen molar-refractivity contribution in [1.82, 2.24) is 4.98 Å². The first kappa shape index (κ1) is 14.8. The summed E-state index contributed by atoms with van der Waals surface area (Å²) in [5.74, 6) is 0.852. The fourth-order valence-electron chi connectivity index (χ4n) is 2.49. The number of nitrogens with zero attached hydrogens (tertiary/aromatic N) is 2. The average molecular weight is 278 g/mol. The highest BCUT2D eigenvalue weighted by Gasteiger charge is 2.20. The van der Waals surface area contributed by atoms with Crippen molar-refractivity contribution in [3.8, 4) is 0 Å². The molecule has 1 fully saturated rings. The fraction of sp³-hybridized carbons (Fsp3) is 0.600. The van der Waals surface area contributed by atoms with E-state index >= 15 is 0 Å². The molecule has 1 saturated heterocycles. The van der Waals surface area contributed by atoms with Gasteiger partial charge in [-0.1, -0.05) is 0 Å². The first-order valence-corrected chi connectivity index (χ1v) is 7.13. The lowest BCUT2D eigenvalue weighted by Crippen LogP contribution is -2.32. The summed E-state index contributed by atoms with van der Waals surface area (Å²) in [7, 11) is 1.96. The molecule has 0 spiro atoms. The Balaban J connectivity index is 2.08. The molecule has 2 rings (SSSR count). The predicted molar refractivity (Wildman–Crippen MR) is 77.0 cm³/mol. The Morgan fingerprint density at radius 2 is 2.45 bits per heavy atom. The Bertz CT molecular complexity index is 444. The zero-order valence-electron chi connectivity index (χ0n) is 12.2. The van der Waals surface area contributed by atoms with E-state index in [9.17, 15) is 4.79 Å². The van der Waals surface area contributed by atoms with Crippen LogP contribution < -0.4 is 4.90 Å². The van der Waals surface area contributed by atoms with Gasteiger partial charge in [0.1, 0.15) is 11.4 Å². The van der Waals surface area contributed by atoms with E-state index in [-0.39, 0.29) is 5.97 Å². The highest BCUT2D eigenvalue weighted by Crippen LogP contribution is 2.21. The van der Waals surface area contributed by atoms with Crippen molar-refractivity contribution < 1.29 is 14.3 Å². The third kappa shape index (κ3) is 3.70. The number of rotatable bonds is 5. The first-order valence-electron chi connectivity index (χ1n) is 7.13. The number of carbonyl (C=O) groups excluding carboxylic acids is 1. The molecule has 1 aromatic heterocycles. The van der Waals surface area contributed by atoms with Crippen LogP contribution in [0.1, 0.15) is 30.1 Å². The predicted octanol–water partition coefficient (Wildman–Crippen LogP) is 2.12. The van der Waals surface area contributed by atoms with Gasteiger partial charge in [0.25, 0.3) is 0 Å². The van der Waals surface area contributed by atoms with Gasteiger partial charge in [-0.25, -0.2) is 9.78 Å². The Morgan fingerprint density at radius 3 is 3.15 bits per heavy atom. The van der Waals surface area contributed by atoms with E-state index in [4.69, 9.17) is 9.47 Å². The van der Waals surface area contributed by atoms with Crippen LogP contribution in [0.4, 0.5) is 5.82 Å². The highest BCUT2D eigenvalue weighted by molar-refractivity contribution is 5.94. The summed E-state index contributed by atoms with van der Waals surface area (Å²) >= 11 is 0. The van der Waals surface area contributed by atoms with Crippen molar-refractivity contribution in [2.45, 2.75) is 19.8 Å². The molecule has 1 aliphatic rings. The molecule has 0 aliphatic carbocycles. The highest BCUT2D eigenvalue weighted by atomic mass is 16.5. The number of aromatic nitrogens is 1. The summed E-state index contributed by atoms with van der Waals surface area (Å²) in [4.78, 5) is 18.3. The second kappa shape index (κ2) is 7.24. The van der Waals surface area contributed by atoms with Gasteiger partial charge in [-0.05, 0) is 37.8 Å². The van der Waals surface area contributed by atoms with Gasteiger partial charge in [0, 0.05) is 26.4 Å². The van der Waals surface area contributed by atoms with Crippen molar-refractivity contribution in [1.29, 1.82) is 0 Å². The minimum Gasteiger partial charge on any atom is -0.462 e. The number of hydrogen-bond donors (Lipinski definition) is 0. The fourth-order valence-corrected chi connectivity index (χ4v) is 2.49. The molecule has 2 heterocycles. The van der Waals surface area contributed by atoms with Crippen molar-refractivity contribution in [3.05, 3.63) is 23.9 Å². The molecule has 1 atom stereocenters. The lowest BCUT2D eigenvalue weighted by atomic mass is 10.0. The summed E-state index contributed by atoms with van der Waals surface area (Å²) in [6.07, 6.45) is 3.96. The molecule has 110 valence electrons. The van der Waals surface area contributed by atoms with E-state index in [0.717, 1.165) is 32.6 Å². The van der Waals surface area contributed by atoms with Gasteiger partial charge in [-0.3, -0.25) is 0 Å². The molecular formula is C15H22N2O3. The van der Waals surface area contributed by atoms with Gasteiger partial charge < -0.3 is 14.4 Å². The van der Waals surface area contributed by atoms with Gasteiger partial charge in [-0.2, -0.15) is 0 Å². The number of ether oxygens (including phenoxy) is 2. The number of hydrogen-bond acceptors (Lipinski definition) is 5. The monoisotopic (exact) mass is 278 g/mol. The normalized spacial score (nSPS) is 18.6. The van der Waals surface area contributed by atoms with Crippen LogP contribution in [0.2, 0.25) is 0 Å². The Kier molecular flexibility index (Phi) is 5.35. The zero-order valence-corrected chi connectivity index (χ0v) is 12.2. The van der Waals surface area contributed by atoms with Crippen LogP contribution in [-0.4, -0.2) is 44.4 Å². The zero-order chi connectivity index (χ0) is 14.4. The van der Waals surface area contributed by atoms with Crippen LogP contribution in [0.25, 0.3) is 0 Å². The van der Waals surface area contributed by atoms with Gasteiger partial charge in [0.05, 0.1) is 13.2 Å². The van der Waals surface area contributed by atoms with E-state index in [2.05, 4.69) is 4.98 Å². The number of esters is 1. The van der Waals surface area contributed by atoms with Gasteiger partial charge >= 0.3 is 5.97 Å². The molecule has 1 aromatic rings. The summed E-state index contributed by atoms with van der Waals surface area (Å²) in [5.41, 5.74) is 0.522. The Morgan fingerprint density at radius 1 is 1.60 bits per heavy atom. The minimum atomic E-state index is -0.317. The molecular weight excluding hydrogens is 256 g/mol. The Labute approximate surface area is 119 Å². The average Bonchev–Trinajstić information content (AvgIpc) is 2.48. The summed E-state index contributed by atoms with van der Waals surface area (Å²) in [6, 6.07) is 3.52. The quantitative estimate of drug-likeness (QED) is 0.772. The van der Waals surface area contributed by atoms with E-state index in [1.807, 2.05) is 11.9 Å². The van der Waals surface area contributed by atoms with Crippen LogP contribution in [0.15, 0.2) is 18.3 Å². The van der Waals surface area contributed by atoms with E-state index < -0.39 is 0 Å². The maximum atomic E-state index is 11.9. The molecule has 1 unspecified atom stereocenters. The molecule has 0 aromatic carbocycles. The second-order valence-electron chi connectivity index (χ2n) is 5.06. The molecule has 0 saturated carbocycles. The van der Waals surface area contributed by atoms with Crippen LogP contribution in [-0.2, 0) is 9.47 Å². The van der Waals surface area contributed by atoms with Gasteiger partial charge in [0.2, 0.25) is 0 Å². The second-order valence-corrected chi connectivity index (χ2v) is 5.06. The van der Waals surface area contributed by atoms with E-state index in [1.54, 1.807) is 25.3 Å². The van der Waals surface area contributed by atoms with Crippen molar-refractivity contribution >= 4 is 11.8 Å². The molecule has 5 heteroatoms. The van der Waals surface area contributed by atoms with Crippen molar-refractivity contribution in [2.75, 3.05) is 38.3 Å². The standard InChI is InChI=1S/C15H22N2O3/c1-3-20-15(18)13-7-4-8-16-14(13)17(2)10-12-6-5-9-19-11-12/h4,7-8,12H,3,5-6,9-11H2,1-2H3. The summed E-state index contributed by atoms with van der Waals surface area (Å²) in [6.45, 7) is 4.65. The van der Waals surface area contributed by atoms with Gasteiger partial charge in [0.15, 0.2) is 0 Å².